The third-order valence-corrected chi connectivity index (χ3v) is 6.55. The molecular formula is C30H31N3O3. The van der Waals surface area contributed by atoms with Gasteiger partial charge in [0.1, 0.15) is 6.54 Å². The molecule has 3 aromatic carbocycles. The van der Waals surface area contributed by atoms with E-state index in [9.17, 15) is 9.59 Å². The monoisotopic (exact) mass is 481 g/mol. The zero-order chi connectivity index (χ0) is 25.1. The van der Waals surface area contributed by atoms with Gasteiger partial charge in [0.2, 0.25) is 5.91 Å². The maximum atomic E-state index is 13.6. The highest BCUT2D eigenvalue weighted by atomic mass is 16.5. The molecule has 1 atom stereocenters. The highest BCUT2D eigenvalue weighted by Gasteiger charge is 2.40. The molecule has 6 nitrogen and oxygen atoms in total. The van der Waals surface area contributed by atoms with Gasteiger partial charge >= 0.3 is 0 Å². The largest absolute Gasteiger partial charge is 0.379 e. The molecule has 1 aliphatic rings. The summed E-state index contributed by atoms with van der Waals surface area (Å²) in [4.78, 5) is 31.8. The van der Waals surface area contributed by atoms with Crippen LogP contribution >= 0.6 is 0 Å². The summed E-state index contributed by atoms with van der Waals surface area (Å²) < 4.78 is 5.56. The molecule has 0 unspecified atom stereocenters. The molecule has 0 spiro atoms. The van der Waals surface area contributed by atoms with E-state index in [-0.39, 0.29) is 30.5 Å². The van der Waals surface area contributed by atoms with Gasteiger partial charge in [-0.05, 0) is 43.5 Å². The molecule has 2 heterocycles. The average molecular weight is 482 g/mol. The Balaban J connectivity index is 1.51. The zero-order valence-corrected chi connectivity index (χ0v) is 20.7. The number of carbonyl (C=O) groups excluding carboxylic acids is 2. The second-order valence-electron chi connectivity index (χ2n) is 9.37. The number of amides is 2. The number of nitrogens with one attached hydrogen (secondary N) is 2. The predicted octanol–water partition coefficient (Wildman–Crippen LogP) is 5.31. The summed E-state index contributed by atoms with van der Waals surface area (Å²) in [5.41, 5.74) is 5.57. The molecule has 4 aromatic rings. The molecule has 0 saturated carbocycles. The maximum Gasteiger partial charge on any atom is 0.255 e. The number of carbonyl (C=O) groups is 2. The fourth-order valence-corrected chi connectivity index (χ4v) is 4.95. The van der Waals surface area contributed by atoms with Gasteiger partial charge in [0.15, 0.2) is 0 Å². The summed E-state index contributed by atoms with van der Waals surface area (Å²) in [6, 6.07) is 25.5. The van der Waals surface area contributed by atoms with E-state index >= 15 is 0 Å². The van der Waals surface area contributed by atoms with Crippen molar-refractivity contribution in [2.24, 2.45) is 0 Å². The first-order chi connectivity index (χ1) is 17.5. The third-order valence-electron chi connectivity index (χ3n) is 6.55. The number of aromatic amines is 1. The average Bonchev–Trinajstić information content (AvgIpc) is 3.39. The quantitative estimate of drug-likeness (QED) is 0.318. The molecule has 36 heavy (non-hydrogen) atoms. The van der Waals surface area contributed by atoms with E-state index in [0.29, 0.717) is 18.7 Å². The Hall–Kier alpha value is -3.90. The van der Waals surface area contributed by atoms with Gasteiger partial charge < -0.3 is 19.9 Å². The number of hydrogen-bond acceptors (Lipinski definition) is 3. The lowest BCUT2D eigenvalue weighted by molar-refractivity contribution is -0.122. The van der Waals surface area contributed by atoms with Crippen molar-refractivity contribution in [3.8, 4) is 11.3 Å². The molecule has 0 fully saturated rings. The lowest BCUT2D eigenvalue weighted by Crippen LogP contribution is -2.40. The van der Waals surface area contributed by atoms with Crippen LogP contribution in [0.25, 0.3) is 22.2 Å². The number of aromatic nitrogens is 1. The van der Waals surface area contributed by atoms with Crippen molar-refractivity contribution >= 4 is 22.7 Å². The molecule has 5 rings (SSSR count). The second kappa shape index (κ2) is 10.4. The van der Waals surface area contributed by atoms with E-state index in [1.807, 2.05) is 74.5 Å². The fourth-order valence-electron chi connectivity index (χ4n) is 4.95. The van der Waals surface area contributed by atoms with Crippen molar-refractivity contribution in [3.63, 3.8) is 0 Å². The van der Waals surface area contributed by atoms with Gasteiger partial charge in [0, 0.05) is 35.2 Å². The summed E-state index contributed by atoms with van der Waals surface area (Å²) in [5, 5.41) is 4.00. The van der Waals surface area contributed by atoms with Crippen LogP contribution in [0.2, 0.25) is 0 Å². The number of benzene rings is 3. The van der Waals surface area contributed by atoms with Crippen LogP contribution in [-0.2, 0) is 9.53 Å². The maximum absolute atomic E-state index is 13.6. The Morgan fingerprint density at radius 1 is 1.00 bits per heavy atom. The summed E-state index contributed by atoms with van der Waals surface area (Å²) >= 11 is 0. The fraction of sp³-hybridized carbons (Fsp3) is 0.267. The van der Waals surface area contributed by atoms with Crippen LogP contribution < -0.4 is 5.32 Å². The van der Waals surface area contributed by atoms with Crippen LogP contribution in [0.1, 0.15) is 47.8 Å². The van der Waals surface area contributed by atoms with E-state index in [2.05, 4.69) is 28.5 Å². The first-order valence-corrected chi connectivity index (χ1v) is 12.5. The Kier molecular flexibility index (Phi) is 6.87. The molecular weight excluding hydrogens is 450 g/mol. The minimum atomic E-state index is -0.380. The summed E-state index contributed by atoms with van der Waals surface area (Å²) in [7, 11) is 0. The normalized spacial score (nSPS) is 15.0. The molecule has 6 heteroatoms. The zero-order valence-electron chi connectivity index (χ0n) is 20.7. The summed E-state index contributed by atoms with van der Waals surface area (Å²) in [6.07, 6.45) is 0.888. The predicted molar refractivity (Wildman–Crippen MR) is 142 cm³/mol. The van der Waals surface area contributed by atoms with Gasteiger partial charge in [-0.1, -0.05) is 66.7 Å². The Morgan fingerprint density at radius 2 is 1.72 bits per heavy atom. The highest BCUT2D eigenvalue weighted by molar-refractivity contribution is 6.03. The molecule has 1 aliphatic heterocycles. The van der Waals surface area contributed by atoms with Gasteiger partial charge in [-0.25, -0.2) is 0 Å². The second-order valence-corrected chi connectivity index (χ2v) is 9.37. The number of nitrogens with zero attached hydrogens (tertiary/aromatic N) is 1. The van der Waals surface area contributed by atoms with Gasteiger partial charge in [0.05, 0.1) is 17.8 Å². The topological polar surface area (TPSA) is 74.4 Å². The van der Waals surface area contributed by atoms with E-state index in [0.717, 1.165) is 39.7 Å². The lowest BCUT2D eigenvalue weighted by atomic mass is 9.93. The van der Waals surface area contributed by atoms with Crippen molar-refractivity contribution in [2.45, 2.75) is 32.4 Å². The van der Waals surface area contributed by atoms with Crippen molar-refractivity contribution in [1.82, 2.24) is 15.2 Å². The molecule has 2 N–H and O–H groups in total. The molecule has 0 bridgehead atoms. The van der Waals surface area contributed by atoms with Crippen molar-refractivity contribution in [3.05, 3.63) is 95.6 Å². The van der Waals surface area contributed by atoms with Crippen LogP contribution in [0.15, 0.2) is 78.9 Å². The molecule has 0 aliphatic carbocycles. The van der Waals surface area contributed by atoms with Crippen molar-refractivity contribution in [2.75, 3.05) is 19.7 Å². The molecule has 1 aromatic heterocycles. The number of hydrogen-bond donors (Lipinski definition) is 2. The lowest BCUT2D eigenvalue weighted by Gasteiger charge is -2.26. The minimum absolute atomic E-state index is 0.0169. The van der Waals surface area contributed by atoms with Crippen LogP contribution in [0.3, 0.4) is 0 Å². The van der Waals surface area contributed by atoms with Gasteiger partial charge in [-0.15, -0.1) is 0 Å². The molecule has 2 amide bonds. The van der Waals surface area contributed by atoms with Gasteiger partial charge in [-0.3, -0.25) is 9.59 Å². The summed E-state index contributed by atoms with van der Waals surface area (Å²) in [5.74, 6) is -0.301. The first kappa shape index (κ1) is 23.8. The Labute approximate surface area is 211 Å². The van der Waals surface area contributed by atoms with E-state index < -0.39 is 0 Å². The van der Waals surface area contributed by atoms with Crippen LogP contribution in [0.5, 0.6) is 0 Å². The molecule has 184 valence electrons. The van der Waals surface area contributed by atoms with Crippen LogP contribution in [0, 0.1) is 0 Å². The van der Waals surface area contributed by atoms with Crippen molar-refractivity contribution in [1.29, 1.82) is 0 Å². The Bertz CT molecular complexity index is 1380. The number of ether oxygens (including phenoxy) is 1. The van der Waals surface area contributed by atoms with Crippen LogP contribution in [-0.4, -0.2) is 47.5 Å². The Morgan fingerprint density at radius 3 is 2.53 bits per heavy atom. The number of fused-ring (bicyclic) bond motifs is 2. The standard InChI is InChI=1S/C30H31N3O3/c1-20(2)36-18-10-17-31-26(34)19-33-29(22-13-6-7-14-23(22)30(33)35)27-24-15-8-9-16-25(24)32-28(27)21-11-4-3-5-12-21/h3-9,11-16,20,29,32H,10,17-19H2,1-2H3,(H,31,34)/t29-/m0/s1. The highest BCUT2D eigenvalue weighted by Crippen LogP contribution is 2.45. The first-order valence-electron chi connectivity index (χ1n) is 12.5. The minimum Gasteiger partial charge on any atom is -0.379 e. The van der Waals surface area contributed by atoms with E-state index in [1.54, 1.807) is 4.90 Å². The number of H-pyrrole nitrogens is 1. The van der Waals surface area contributed by atoms with Gasteiger partial charge in [-0.2, -0.15) is 0 Å². The third kappa shape index (κ3) is 4.64. The molecule has 0 saturated heterocycles. The number of rotatable bonds is 9. The van der Waals surface area contributed by atoms with E-state index in [4.69, 9.17) is 4.74 Å². The smallest absolute Gasteiger partial charge is 0.255 e. The van der Waals surface area contributed by atoms with Crippen molar-refractivity contribution < 1.29 is 14.3 Å². The number of para-hydroxylation sites is 1. The molecule has 0 radical (unpaired) electrons. The SMILES string of the molecule is CC(C)OCCCNC(=O)CN1C(=O)c2ccccc2[C@H]1c1c(-c2ccccc2)[nH]c2ccccc12. The van der Waals surface area contributed by atoms with Gasteiger partial charge in [0.25, 0.3) is 5.91 Å². The summed E-state index contributed by atoms with van der Waals surface area (Å²) in [6.45, 7) is 5.06. The van der Waals surface area contributed by atoms with E-state index in [1.165, 1.54) is 0 Å². The van der Waals surface area contributed by atoms with Crippen LogP contribution in [0.4, 0.5) is 0 Å².